The maximum Gasteiger partial charge on any atom is 0.326 e. The Balaban J connectivity index is 2.36. The van der Waals surface area contributed by atoms with Crippen molar-refractivity contribution >= 4 is 23.8 Å². The Labute approximate surface area is 112 Å². The second-order valence-electron chi connectivity index (χ2n) is 4.80. The molecule has 18 heavy (non-hydrogen) atoms. The molecule has 0 spiro atoms. The summed E-state index contributed by atoms with van der Waals surface area (Å²) < 4.78 is 0. The molecule has 0 aromatic carbocycles. The number of nitrogens with zero attached hydrogens (tertiary/aromatic N) is 1. The minimum atomic E-state index is -0.963. The van der Waals surface area contributed by atoms with Gasteiger partial charge in [0.15, 0.2) is 0 Å². The molecule has 1 aliphatic rings. The molecule has 104 valence electrons. The van der Waals surface area contributed by atoms with Gasteiger partial charge in [-0.25, -0.2) is 9.59 Å². The number of hydrogen-bond donors (Lipinski definition) is 2. The van der Waals surface area contributed by atoms with Crippen molar-refractivity contribution in [1.82, 2.24) is 10.2 Å². The minimum absolute atomic E-state index is 0.282. The highest BCUT2D eigenvalue weighted by Gasteiger charge is 2.24. The number of thioether (sulfide) groups is 1. The average molecular weight is 274 g/mol. The van der Waals surface area contributed by atoms with Gasteiger partial charge in [-0.3, -0.25) is 0 Å². The van der Waals surface area contributed by atoms with Gasteiger partial charge in [0.25, 0.3) is 0 Å². The summed E-state index contributed by atoms with van der Waals surface area (Å²) in [6.45, 7) is 0.723. The van der Waals surface area contributed by atoms with E-state index in [-0.39, 0.29) is 6.03 Å². The van der Waals surface area contributed by atoms with Crippen LogP contribution in [0.15, 0.2) is 0 Å². The van der Waals surface area contributed by atoms with E-state index < -0.39 is 12.0 Å². The summed E-state index contributed by atoms with van der Waals surface area (Å²) in [5.41, 5.74) is 0. The van der Waals surface area contributed by atoms with Crippen LogP contribution in [0.1, 0.15) is 25.7 Å². The van der Waals surface area contributed by atoms with Gasteiger partial charge >= 0.3 is 12.0 Å². The number of carboxylic acid groups (broad SMARTS) is 1. The highest BCUT2D eigenvalue weighted by atomic mass is 32.2. The zero-order chi connectivity index (χ0) is 13.5. The maximum absolute atomic E-state index is 11.8. The van der Waals surface area contributed by atoms with Gasteiger partial charge in [0.1, 0.15) is 6.04 Å². The fourth-order valence-electron chi connectivity index (χ4n) is 1.90. The second kappa shape index (κ2) is 7.51. The lowest BCUT2D eigenvalue weighted by Crippen LogP contribution is -2.48. The highest BCUT2D eigenvalue weighted by Crippen LogP contribution is 2.26. The smallest absolute Gasteiger partial charge is 0.326 e. The van der Waals surface area contributed by atoms with E-state index in [9.17, 15) is 9.59 Å². The van der Waals surface area contributed by atoms with E-state index in [0.29, 0.717) is 12.3 Å². The predicted molar refractivity (Wildman–Crippen MR) is 72.9 cm³/mol. The Kier molecular flexibility index (Phi) is 6.32. The van der Waals surface area contributed by atoms with E-state index in [1.165, 1.54) is 19.3 Å². The Bertz CT molecular complexity index is 295. The SMILES string of the molecule is CSCC[C@H](NC(=O)N(C)CC1CCC1)C(=O)O. The maximum atomic E-state index is 11.8. The van der Waals surface area contributed by atoms with Crippen LogP contribution in [0.25, 0.3) is 0 Å². The van der Waals surface area contributed by atoms with Crippen molar-refractivity contribution < 1.29 is 14.7 Å². The van der Waals surface area contributed by atoms with Crippen molar-refractivity contribution in [3.05, 3.63) is 0 Å². The van der Waals surface area contributed by atoms with Gasteiger partial charge < -0.3 is 15.3 Å². The van der Waals surface area contributed by atoms with Crippen molar-refractivity contribution in [3.63, 3.8) is 0 Å². The number of amides is 2. The molecule has 5 nitrogen and oxygen atoms in total. The normalized spacial score (nSPS) is 16.8. The van der Waals surface area contributed by atoms with E-state index in [1.807, 2.05) is 6.26 Å². The van der Waals surface area contributed by atoms with Gasteiger partial charge in [0.2, 0.25) is 0 Å². The van der Waals surface area contributed by atoms with E-state index in [2.05, 4.69) is 5.32 Å². The molecule has 1 fully saturated rings. The topological polar surface area (TPSA) is 69.6 Å². The summed E-state index contributed by atoms with van der Waals surface area (Å²) in [7, 11) is 1.72. The predicted octanol–water partition coefficient (Wildman–Crippen LogP) is 1.63. The van der Waals surface area contributed by atoms with Crippen molar-refractivity contribution in [3.8, 4) is 0 Å². The number of carbonyl (C=O) groups is 2. The molecule has 0 saturated heterocycles. The van der Waals surface area contributed by atoms with Crippen LogP contribution >= 0.6 is 11.8 Å². The number of aliphatic carboxylic acids is 1. The molecule has 1 atom stereocenters. The molecule has 0 heterocycles. The van der Waals surface area contributed by atoms with Crippen LogP contribution < -0.4 is 5.32 Å². The van der Waals surface area contributed by atoms with E-state index in [1.54, 1.807) is 23.7 Å². The van der Waals surface area contributed by atoms with Crippen LogP contribution in [0.3, 0.4) is 0 Å². The fraction of sp³-hybridized carbons (Fsp3) is 0.833. The quantitative estimate of drug-likeness (QED) is 0.740. The molecular formula is C12H22N2O3S. The molecule has 1 saturated carbocycles. The highest BCUT2D eigenvalue weighted by molar-refractivity contribution is 7.98. The van der Waals surface area contributed by atoms with Gasteiger partial charge in [-0.1, -0.05) is 6.42 Å². The molecule has 6 heteroatoms. The Morgan fingerprint density at radius 2 is 2.17 bits per heavy atom. The first-order valence-electron chi connectivity index (χ1n) is 6.28. The third kappa shape index (κ3) is 4.76. The molecule has 0 bridgehead atoms. The first kappa shape index (κ1) is 15.1. The van der Waals surface area contributed by atoms with Crippen molar-refractivity contribution in [2.45, 2.75) is 31.7 Å². The lowest BCUT2D eigenvalue weighted by molar-refractivity contribution is -0.139. The zero-order valence-corrected chi connectivity index (χ0v) is 11.8. The molecular weight excluding hydrogens is 252 g/mol. The van der Waals surface area contributed by atoms with Gasteiger partial charge in [-0.05, 0) is 37.2 Å². The third-order valence-corrected chi connectivity index (χ3v) is 3.95. The van der Waals surface area contributed by atoms with Crippen LogP contribution in [0.5, 0.6) is 0 Å². The van der Waals surface area contributed by atoms with Crippen LogP contribution in [0, 0.1) is 5.92 Å². The molecule has 0 radical (unpaired) electrons. The molecule has 2 N–H and O–H groups in total. The van der Waals surface area contributed by atoms with Crippen LogP contribution in [-0.2, 0) is 4.79 Å². The van der Waals surface area contributed by atoms with E-state index in [0.717, 1.165) is 12.3 Å². The lowest BCUT2D eigenvalue weighted by atomic mass is 9.85. The van der Waals surface area contributed by atoms with Crippen molar-refractivity contribution in [2.24, 2.45) is 5.92 Å². The average Bonchev–Trinajstić information content (AvgIpc) is 2.28. The summed E-state index contributed by atoms with van der Waals surface area (Å²) in [5, 5.41) is 11.6. The molecule has 1 rings (SSSR count). The molecule has 0 aliphatic heterocycles. The summed E-state index contributed by atoms with van der Waals surface area (Å²) in [4.78, 5) is 24.4. The Morgan fingerprint density at radius 1 is 1.50 bits per heavy atom. The third-order valence-electron chi connectivity index (χ3n) is 3.31. The zero-order valence-electron chi connectivity index (χ0n) is 11.0. The van der Waals surface area contributed by atoms with Gasteiger partial charge in [0.05, 0.1) is 0 Å². The Hall–Kier alpha value is -0.910. The molecule has 1 aliphatic carbocycles. The molecule has 0 aromatic rings. The molecule has 2 amide bonds. The number of nitrogens with one attached hydrogen (secondary N) is 1. The summed E-state index contributed by atoms with van der Waals surface area (Å²) >= 11 is 1.58. The first-order chi connectivity index (χ1) is 8.54. The fourth-order valence-corrected chi connectivity index (χ4v) is 2.37. The van der Waals surface area contributed by atoms with Crippen molar-refractivity contribution in [2.75, 3.05) is 25.6 Å². The number of carboxylic acids is 1. The van der Waals surface area contributed by atoms with Gasteiger partial charge in [-0.15, -0.1) is 0 Å². The van der Waals surface area contributed by atoms with Crippen LogP contribution in [-0.4, -0.2) is 53.6 Å². The van der Waals surface area contributed by atoms with E-state index >= 15 is 0 Å². The monoisotopic (exact) mass is 274 g/mol. The summed E-state index contributed by atoms with van der Waals surface area (Å²) in [6, 6.07) is -1.07. The number of urea groups is 1. The van der Waals surface area contributed by atoms with Gasteiger partial charge in [0, 0.05) is 13.6 Å². The largest absolute Gasteiger partial charge is 0.480 e. The molecule has 0 aromatic heterocycles. The standard InChI is InChI=1S/C12H22N2O3S/c1-14(8-9-4-3-5-9)12(17)13-10(11(15)16)6-7-18-2/h9-10H,3-8H2,1-2H3,(H,13,17)(H,15,16)/t10-/m0/s1. The Morgan fingerprint density at radius 3 is 2.61 bits per heavy atom. The number of carbonyl (C=O) groups excluding carboxylic acids is 1. The minimum Gasteiger partial charge on any atom is -0.480 e. The number of rotatable bonds is 7. The first-order valence-corrected chi connectivity index (χ1v) is 7.67. The van der Waals surface area contributed by atoms with Crippen molar-refractivity contribution in [1.29, 1.82) is 0 Å². The summed E-state index contributed by atoms with van der Waals surface area (Å²) in [6.07, 6.45) is 5.97. The van der Waals surface area contributed by atoms with Crippen LogP contribution in [0.4, 0.5) is 4.79 Å². The molecule has 0 unspecified atom stereocenters. The van der Waals surface area contributed by atoms with Crippen LogP contribution in [0.2, 0.25) is 0 Å². The second-order valence-corrected chi connectivity index (χ2v) is 5.78. The summed E-state index contributed by atoms with van der Waals surface area (Å²) in [5.74, 6) is 0.355. The van der Waals surface area contributed by atoms with E-state index in [4.69, 9.17) is 5.11 Å². The van der Waals surface area contributed by atoms with Gasteiger partial charge in [-0.2, -0.15) is 11.8 Å². The number of hydrogen-bond acceptors (Lipinski definition) is 3. The lowest BCUT2D eigenvalue weighted by Gasteiger charge is -2.30.